The molecular weight excluding hydrogens is 272 g/mol. The zero-order valence-electron chi connectivity index (χ0n) is 13.2. The van der Waals surface area contributed by atoms with Crippen molar-refractivity contribution in [2.75, 3.05) is 6.54 Å². The summed E-state index contributed by atoms with van der Waals surface area (Å²) in [7, 11) is 0. The SMILES string of the molecule is O=C(CCC1CCCCC1)NCCc1ccc2[nH]ccc2c1. The molecule has 0 spiro atoms. The number of nitrogens with one attached hydrogen (secondary N) is 2. The number of carbonyl (C=O) groups is 1. The molecule has 1 fully saturated rings. The van der Waals surface area contributed by atoms with Gasteiger partial charge in [-0.3, -0.25) is 4.79 Å². The highest BCUT2D eigenvalue weighted by molar-refractivity contribution is 5.80. The summed E-state index contributed by atoms with van der Waals surface area (Å²) >= 11 is 0. The molecule has 1 saturated carbocycles. The van der Waals surface area contributed by atoms with E-state index in [0.29, 0.717) is 6.42 Å². The summed E-state index contributed by atoms with van der Waals surface area (Å²) in [5.74, 6) is 1.00. The zero-order chi connectivity index (χ0) is 15.2. The van der Waals surface area contributed by atoms with Gasteiger partial charge in [-0.15, -0.1) is 0 Å². The maximum Gasteiger partial charge on any atom is 0.220 e. The Bertz CT molecular complexity index is 611. The van der Waals surface area contributed by atoms with Crippen molar-refractivity contribution in [3.05, 3.63) is 36.0 Å². The molecule has 22 heavy (non-hydrogen) atoms. The van der Waals surface area contributed by atoms with Crippen molar-refractivity contribution in [3.63, 3.8) is 0 Å². The van der Waals surface area contributed by atoms with Gasteiger partial charge in [-0.05, 0) is 47.9 Å². The minimum atomic E-state index is 0.216. The Hall–Kier alpha value is -1.77. The molecule has 0 atom stereocenters. The Morgan fingerprint density at radius 1 is 1.18 bits per heavy atom. The van der Waals surface area contributed by atoms with Gasteiger partial charge in [0.1, 0.15) is 0 Å². The lowest BCUT2D eigenvalue weighted by Gasteiger charge is -2.20. The zero-order valence-corrected chi connectivity index (χ0v) is 13.2. The minimum absolute atomic E-state index is 0.216. The predicted molar refractivity (Wildman–Crippen MR) is 90.8 cm³/mol. The highest BCUT2D eigenvalue weighted by Gasteiger charge is 2.14. The molecule has 0 radical (unpaired) electrons. The van der Waals surface area contributed by atoms with E-state index < -0.39 is 0 Å². The number of fused-ring (bicyclic) bond motifs is 1. The van der Waals surface area contributed by atoms with Gasteiger partial charge in [0.2, 0.25) is 5.91 Å². The molecule has 2 aromatic rings. The first kappa shape index (κ1) is 15.1. The summed E-state index contributed by atoms with van der Waals surface area (Å²) in [5.41, 5.74) is 2.44. The second-order valence-corrected chi connectivity index (χ2v) is 6.54. The van der Waals surface area contributed by atoms with Crippen LogP contribution >= 0.6 is 0 Å². The van der Waals surface area contributed by atoms with Gasteiger partial charge in [-0.2, -0.15) is 0 Å². The molecule has 2 N–H and O–H groups in total. The van der Waals surface area contributed by atoms with Crippen molar-refractivity contribution in [3.8, 4) is 0 Å². The summed E-state index contributed by atoms with van der Waals surface area (Å²) in [6, 6.07) is 8.52. The highest BCUT2D eigenvalue weighted by atomic mass is 16.1. The van der Waals surface area contributed by atoms with Gasteiger partial charge in [-0.25, -0.2) is 0 Å². The van der Waals surface area contributed by atoms with E-state index >= 15 is 0 Å². The van der Waals surface area contributed by atoms with E-state index in [0.717, 1.165) is 25.3 Å². The maximum atomic E-state index is 11.9. The van der Waals surface area contributed by atoms with E-state index in [2.05, 4.69) is 34.6 Å². The van der Waals surface area contributed by atoms with Gasteiger partial charge in [0, 0.05) is 24.7 Å². The molecule has 0 unspecified atom stereocenters. The van der Waals surface area contributed by atoms with Gasteiger partial charge < -0.3 is 10.3 Å². The van der Waals surface area contributed by atoms with E-state index in [9.17, 15) is 4.79 Å². The minimum Gasteiger partial charge on any atom is -0.361 e. The Kier molecular flexibility index (Phi) is 5.15. The fourth-order valence-electron chi connectivity index (χ4n) is 3.50. The first-order valence-corrected chi connectivity index (χ1v) is 8.64. The summed E-state index contributed by atoms with van der Waals surface area (Å²) in [6.07, 6.45) is 11.4. The van der Waals surface area contributed by atoms with Crippen LogP contribution in [0.3, 0.4) is 0 Å². The second-order valence-electron chi connectivity index (χ2n) is 6.54. The third-order valence-corrected chi connectivity index (χ3v) is 4.86. The Labute approximate surface area is 132 Å². The average molecular weight is 298 g/mol. The molecule has 1 heterocycles. The molecule has 1 aliphatic carbocycles. The van der Waals surface area contributed by atoms with Crippen LogP contribution < -0.4 is 5.32 Å². The highest BCUT2D eigenvalue weighted by Crippen LogP contribution is 2.27. The van der Waals surface area contributed by atoms with Crippen LogP contribution in [0.15, 0.2) is 30.5 Å². The van der Waals surface area contributed by atoms with Gasteiger partial charge in [-0.1, -0.05) is 38.2 Å². The molecule has 1 aliphatic rings. The Morgan fingerprint density at radius 3 is 2.91 bits per heavy atom. The van der Waals surface area contributed by atoms with Gasteiger partial charge in [0.25, 0.3) is 0 Å². The number of H-pyrrole nitrogens is 1. The van der Waals surface area contributed by atoms with Crippen LogP contribution in [0.2, 0.25) is 0 Å². The van der Waals surface area contributed by atoms with E-state index in [1.54, 1.807) is 0 Å². The molecule has 0 aliphatic heterocycles. The van der Waals surface area contributed by atoms with Crippen molar-refractivity contribution < 1.29 is 4.79 Å². The largest absolute Gasteiger partial charge is 0.361 e. The number of benzene rings is 1. The summed E-state index contributed by atoms with van der Waals surface area (Å²) < 4.78 is 0. The third kappa shape index (κ3) is 4.12. The molecular formula is C19H26N2O. The summed E-state index contributed by atoms with van der Waals surface area (Å²) in [6.45, 7) is 0.736. The summed E-state index contributed by atoms with van der Waals surface area (Å²) in [4.78, 5) is 15.1. The number of hydrogen-bond donors (Lipinski definition) is 2. The molecule has 3 rings (SSSR count). The molecule has 3 heteroatoms. The Balaban J connectivity index is 1.37. The van der Waals surface area contributed by atoms with Crippen LogP contribution in [0.1, 0.15) is 50.5 Å². The lowest BCUT2D eigenvalue weighted by molar-refractivity contribution is -0.121. The number of rotatable bonds is 6. The van der Waals surface area contributed by atoms with Crippen molar-refractivity contribution in [2.24, 2.45) is 5.92 Å². The molecule has 1 aromatic heterocycles. The number of carbonyl (C=O) groups excluding carboxylic acids is 1. The van der Waals surface area contributed by atoms with Crippen LogP contribution in [-0.2, 0) is 11.2 Å². The van der Waals surface area contributed by atoms with Crippen molar-refractivity contribution >= 4 is 16.8 Å². The van der Waals surface area contributed by atoms with E-state index in [4.69, 9.17) is 0 Å². The second kappa shape index (κ2) is 7.48. The van der Waals surface area contributed by atoms with Crippen LogP contribution in [0, 0.1) is 5.92 Å². The van der Waals surface area contributed by atoms with Gasteiger partial charge >= 0.3 is 0 Å². The van der Waals surface area contributed by atoms with Gasteiger partial charge in [0.15, 0.2) is 0 Å². The maximum absolute atomic E-state index is 11.9. The Morgan fingerprint density at radius 2 is 2.05 bits per heavy atom. The predicted octanol–water partition coefficient (Wildman–Crippen LogP) is 4.19. The first-order chi connectivity index (χ1) is 10.8. The number of aromatic nitrogens is 1. The lowest BCUT2D eigenvalue weighted by atomic mass is 9.86. The standard InChI is InChI=1S/C19H26N2O/c22-19(9-7-15-4-2-1-3-5-15)21-12-10-16-6-8-18-17(14-16)11-13-20-18/h6,8,11,13-15,20H,1-5,7,9-10,12H2,(H,21,22). The van der Waals surface area contributed by atoms with Gasteiger partial charge in [0.05, 0.1) is 0 Å². The molecule has 3 nitrogen and oxygen atoms in total. The van der Waals surface area contributed by atoms with Crippen LogP contribution in [0.25, 0.3) is 10.9 Å². The molecule has 1 aromatic carbocycles. The molecule has 0 bridgehead atoms. The number of aromatic amines is 1. The quantitative estimate of drug-likeness (QED) is 0.825. The van der Waals surface area contributed by atoms with Crippen molar-refractivity contribution in [2.45, 2.75) is 51.4 Å². The van der Waals surface area contributed by atoms with Crippen LogP contribution in [0.5, 0.6) is 0 Å². The fourth-order valence-corrected chi connectivity index (χ4v) is 3.50. The normalized spacial score (nSPS) is 16.0. The molecule has 1 amide bonds. The van der Waals surface area contributed by atoms with E-state index in [-0.39, 0.29) is 5.91 Å². The number of amides is 1. The topological polar surface area (TPSA) is 44.9 Å². The third-order valence-electron chi connectivity index (χ3n) is 4.86. The van der Waals surface area contributed by atoms with Crippen molar-refractivity contribution in [1.82, 2.24) is 10.3 Å². The first-order valence-electron chi connectivity index (χ1n) is 8.64. The molecule has 0 saturated heterocycles. The van der Waals surface area contributed by atoms with Crippen molar-refractivity contribution in [1.29, 1.82) is 0 Å². The number of hydrogen-bond acceptors (Lipinski definition) is 1. The molecule has 118 valence electrons. The van der Waals surface area contributed by atoms with Crippen LogP contribution in [0.4, 0.5) is 0 Å². The lowest BCUT2D eigenvalue weighted by Crippen LogP contribution is -2.26. The summed E-state index contributed by atoms with van der Waals surface area (Å²) in [5, 5.41) is 4.30. The van der Waals surface area contributed by atoms with E-state index in [1.807, 2.05) is 6.20 Å². The fraction of sp³-hybridized carbons (Fsp3) is 0.526. The van der Waals surface area contributed by atoms with Crippen LogP contribution in [-0.4, -0.2) is 17.4 Å². The monoisotopic (exact) mass is 298 g/mol. The average Bonchev–Trinajstić information content (AvgIpc) is 3.02. The van der Waals surface area contributed by atoms with E-state index in [1.165, 1.54) is 48.6 Å². The smallest absolute Gasteiger partial charge is 0.220 e.